The van der Waals surface area contributed by atoms with Crippen LogP contribution in [0.2, 0.25) is 0 Å². The fraction of sp³-hybridized carbons (Fsp3) is 0.409. The molecule has 2 aromatic carbocycles. The molecule has 3 rings (SSSR count). The largest absolute Gasteiger partial charge is 0.497 e. The van der Waals surface area contributed by atoms with Gasteiger partial charge < -0.3 is 19.5 Å². The average Bonchev–Trinajstić information content (AvgIpc) is 3.25. The zero-order valence-electron chi connectivity index (χ0n) is 16.6. The number of carbonyl (C=O) groups excluding carboxylic acids is 1. The molecule has 1 saturated heterocycles. The normalized spacial score (nSPS) is 17.2. The van der Waals surface area contributed by atoms with Crippen molar-refractivity contribution in [2.75, 3.05) is 26.6 Å². The first-order valence-corrected chi connectivity index (χ1v) is 10.5. The number of amides is 1. The highest BCUT2D eigenvalue weighted by molar-refractivity contribution is 7.99. The highest BCUT2D eigenvalue weighted by atomic mass is 32.2. The van der Waals surface area contributed by atoms with Gasteiger partial charge in [-0.05, 0) is 50.1 Å². The van der Waals surface area contributed by atoms with E-state index in [4.69, 9.17) is 14.2 Å². The number of nitrogens with one attached hydrogen (secondary N) is 1. The Labute approximate surface area is 170 Å². The molecule has 0 bridgehead atoms. The number of hydrogen-bond donors (Lipinski definition) is 1. The quantitative estimate of drug-likeness (QED) is 0.662. The van der Waals surface area contributed by atoms with E-state index in [0.29, 0.717) is 5.56 Å². The number of methoxy groups -OCH3 is 2. The van der Waals surface area contributed by atoms with Crippen LogP contribution in [0, 0.1) is 0 Å². The van der Waals surface area contributed by atoms with E-state index >= 15 is 0 Å². The minimum atomic E-state index is -0.228. The van der Waals surface area contributed by atoms with Crippen LogP contribution < -0.4 is 14.8 Å². The number of hydrogen-bond acceptors (Lipinski definition) is 5. The molecule has 1 amide bonds. The van der Waals surface area contributed by atoms with Gasteiger partial charge in [0.1, 0.15) is 11.5 Å². The Hall–Kier alpha value is -2.18. The van der Waals surface area contributed by atoms with Crippen molar-refractivity contribution in [3.05, 3.63) is 53.6 Å². The van der Waals surface area contributed by atoms with Crippen LogP contribution in [-0.2, 0) is 4.74 Å². The Kier molecular flexibility index (Phi) is 7.23. The molecule has 150 valence electrons. The third-order valence-corrected chi connectivity index (χ3v) is 6.04. The van der Waals surface area contributed by atoms with Gasteiger partial charge in [0.15, 0.2) is 0 Å². The first-order chi connectivity index (χ1) is 13.6. The molecular formula is C22H27NO4S. The Morgan fingerprint density at radius 1 is 1.25 bits per heavy atom. The maximum atomic E-state index is 13.0. The fourth-order valence-electron chi connectivity index (χ4n) is 3.27. The van der Waals surface area contributed by atoms with Gasteiger partial charge >= 0.3 is 0 Å². The SMILES string of the molecule is COc1ccc(OC)c([C@@H](C)NC(=O)c2ccccc2SC[C@H]2CCCO2)c1. The van der Waals surface area contributed by atoms with Crippen LogP contribution in [0.15, 0.2) is 47.4 Å². The van der Waals surface area contributed by atoms with E-state index in [1.165, 1.54) is 0 Å². The van der Waals surface area contributed by atoms with Crippen LogP contribution in [0.1, 0.15) is 41.7 Å². The van der Waals surface area contributed by atoms with Gasteiger partial charge in [0, 0.05) is 22.8 Å². The van der Waals surface area contributed by atoms with Crippen molar-refractivity contribution in [2.45, 2.75) is 36.8 Å². The first-order valence-electron chi connectivity index (χ1n) is 9.48. The molecular weight excluding hydrogens is 374 g/mol. The van der Waals surface area contributed by atoms with Crippen LogP contribution in [-0.4, -0.2) is 38.6 Å². The number of benzene rings is 2. The predicted octanol–water partition coefficient (Wildman–Crippen LogP) is 4.47. The number of ether oxygens (including phenoxy) is 3. The lowest BCUT2D eigenvalue weighted by atomic mass is 10.1. The molecule has 1 aliphatic heterocycles. The fourth-order valence-corrected chi connectivity index (χ4v) is 4.39. The van der Waals surface area contributed by atoms with E-state index in [9.17, 15) is 4.79 Å². The monoisotopic (exact) mass is 401 g/mol. The molecule has 0 aromatic heterocycles. The van der Waals surface area contributed by atoms with E-state index in [1.807, 2.05) is 49.4 Å². The van der Waals surface area contributed by atoms with Gasteiger partial charge in [-0.2, -0.15) is 0 Å². The maximum Gasteiger partial charge on any atom is 0.252 e. The summed E-state index contributed by atoms with van der Waals surface area (Å²) in [4.78, 5) is 13.9. The van der Waals surface area contributed by atoms with Crippen molar-refractivity contribution in [2.24, 2.45) is 0 Å². The Balaban J connectivity index is 1.72. The first kappa shape index (κ1) is 20.6. The van der Waals surface area contributed by atoms with Gasteiger partial charge in [-0.1, -0.05) is 12.1 Å². The molecule has 0 spiro atoms. The summed E-state index contributed by atoms with van der Waals surface area (Å²) in [7, 11) is 3.24. The van der Waals surface area contributed by atoms with Crippen molar-refractivity contribution in [3.63, 3.8) is 0 Å². The van der Waals surface area contributed by atoms with Gasteiger partial charge in [-0.25, -0.2) is 0 Å². The van der Waals surface area contributed by atoms with Gasteiger partial charge in [0.05, 0.1) is 31.9 Å². The molecule has 5 nitrogen and oxygen atoms in total. The standard InChI is InChI=1S/C22H27NO4S/c1-15(19-13-16(25-2)10-11-20(19)26-3)23-22(24)18-8-4-5-9-21(18)28-14-17-7-6-12-27-17/h4-5,8-11,13,15,17H,6-7,12,14H2,1-3H3,(H,23,24)/t15-,17-/m1/s1. The molecule has 0 saturated carbocycles. The van der Waals surface area contributed by atoms with Crippen LogP contribution in [0.4, 0.5) is 0 Å². The smallest absolute Gasteiger partial charge is 0.252 e. The van der Waals surface area contributed by atoms with Crippen LogP contribution in [0.25, 0.3) is 0 Å². The third-order valence-electron chi connectivity index (χ3n) is 4.83. The molecule has 0 aliphatic carbocycles. The van der Waals surface area contributed by atoms with Crippen molar-refractivity contribution >= 4 is 17.7 Å². The van der Waals surface area contributed by atoms with Crippen molar-refractivity contribution in [3.8, 4) is 11.5 Å². The average molecular weight is 402 g/mol. The second-order valence-electron chi connectivity index (χ2n) is 6.75. The Bertz CT molecular complexity index is 805. The summed E-state index contributed by atoms with van der Waals surface area (Å²) < 4.78 is 16.5. The molecule has 1 aliphatic rings. The number of carbonyl (C=O) groups is 1. The predicted molar refractivity (Wildman–Crippen MR) is 112 cm³/mol. The summed E-state index contributed by atoms with van der Waals surface area (Å²) in [5, 5.41) is 3.09. The third kappa shape index (κ3) is 5.00. The summed E-state index contributed by atoms with van der Waals surface area (Å²) in [5.41, 5.74) is 1.55. The summed E-state index contributed by atoms with van der Waals surface area (Å²) in [6.45, 7) is 2.78. The van der Waals surface area contributed by atoms with E-state index in [-0.39, 0.29) is 18.1 Å². The lowest BCUT2D eigenvalue weighted by Crippen LogP contribution is -2.27. The molecule has 1 heterocycles. The number of thioether (sulfide) groups is 1. The molecule has 2 aromatic rings. The zero-order valence-corrected chi connectivity index (χ0v) is 17.4. The summed E-state index contributed by atoms with van der Waals surface area (Å²) >= 11 is 1.68. The van der Waals surface area contributed by atoms with Gasteiger partial charge in [-0.15, -0.1) is 11.8 Å². The maximum absolute atomic E-state index is 13.0. The minimum Gasteiger partial charge on any atom is -0.497 e. The lowest BCUT2D eigenvalue weighted by molar-refractivity contribution is 0.0936. The molecule has 1 N–H and O–H groups in total. The van der Waals surface area contributed by atoms with E-state index < -0.39 is 0 Å². The molecule has 0 unspecified atom stereocenters. The molecule has 1 fully saturated rings. The molecule has 28 heavy (non-hydrogen) atoms. The van der Waals surface area contributed by atoms with Crippen molar-refractivity contribution in [1.82, 2.24) is 5.32 Å². The number of rotatable bonds is 8. The van der Waals surface area contributed by atoms with Crippen LogP contribution in [0.5, 0.6) is 11.5 Å². The Morgan fingerprint density at radius 2 is 2.07 bits per heavy atom. The summed E-state index contributed by atoms with van der Waals surface area (Å²) in [5.74, 6) is 2.20. The van der Waals surface area contributed by atoms with E-state index in [2.05, 4.69) is 5.32 Å². The van der Waals surface area contributed by atoms with Gasteiger partial charge in [-0.3, -0.25) is 4.79 Å². The van der Waals surface area contributed by atoms with Crippen molar-refractivity contribution < 1.29 is 19.0 Å². The van der Waals surface area contributed by atoms with Crippen LogP contribution >= 0.6 is 11.8 Å². The Morgan fingerprint density at radius 3 is 2.79 bits per heavy atom. The minimum absolute atomic E-state index is 0.104. The molecule has 2 atom stereocenters. The van der Waals surface area contributed by atoms with Gasteiger partial charge in [0.2, 0.25) is 0 Å². The summed E-state index contributed by atoms with van der Waals surface area (Å²) in [6, 6.07) is 13.1. The van der Waals surface area contributed by atoms with Crippen LogP contribution in [0.3, 0.4) is 0 Å². The highest BCUT2D eigenvalue weighted by Crippen LogP contribution is 2.31. The van der Waals surface area contributed by atoms with E-state index in [1.54, 1.807) is 26.0 Å². The molecule has 6 heteroatoms. The van der Waals surface area contributed by atoms with Gasteiger partial charge in [0.25, 0.3) is 5.91 Å². The second-order valence-corrected chi connectivity index (χ2v) is 7.81. The van der Waals surface area contributed by atoms with Crippen molar-refractivity contribution in [1.29, 1.82) is 0 Å². The topological polar surface area (TPSA) is 56.8 Å². The second kappa shape index (κ2) is 9.85. The zero-order chi connectivity index (χ0) is 19.9. The summed E-state index contributed by atoms with van der Waals surface area (Å²) in [6.07, 6.45) is 2.49. The lowest BCUT2D eigenvalue weighted by Gasteiger charge is -2.19. The highest BCUT2D eigenvalue weighted by Gasteiger charge is 2.20. The van der Waals surface area contributed by atoms with E-state index in [0.717, 1.165) is 47.2 Å². The molecule has 0 radical (unpaired) electrons.